The predicted octanol–water partition coefficient (Wildman–Crippen LogP) is 3.64. The van der Waals surface area contributed by atoms with Crippen molar-refractivity contribution in [3.63, 3.8) is 0 Å². The molecule has 0 radical (unpaired) electrons. The fourth-order valence-corrected chi connectivity index (χ4v) is 3.89. The zero-order valence-electron chi connectivity index (χ0n) is 15.9. The van der Waals surface area contributed by atoms with Gasteiger partial charge in [-0.3, -0.25) is 9.69 Å². The molecule has 0 aliphatic carbocycles. The average molecular weight is 384 g/mol. The van der Waals surface area contributed by atoms with Crippen LogP contribution in [0.3, 0.4) is 0 Å². The highest BCUT2D eigenvalue weighted by atomic mass is 32.2. The van der Waals surface area contributed by atoms with Crippen LogP contribution >= 0.6 is 11.8 Å². The zero-order valence-corrected chi connectivity index (χ0v) is 16.7. The van der Waals surface area contributed by atoms with Crippen LogP contribution in [0.4, 0.5) is 0 Å². The molecule has 1 aromatic carbocycles. The van der Waals surface area contributed by atoms with Crippen LogP contribution in [0.2, 0.25) is 0 Å². The van der Waals surface area contributed by atoms with Gasteiger partial charge >= 0.3 is 0 Å². The number of Topliss-reactive ketones (excluding diaryl/α,β-unsaturated/α-hetero) is 1. The number of carbonyl (C=O) groups excluding carboxylic acids is 1. The van der Waals surface area contributed by atoms with Crippen molar-refractivity contribution in [1.82, 2.24) is 24.6 Å². The summed E-state index contributed by atoms with van der Waals surface area (Å²) in [6, 6.07) is 14.1. The van der Waals surface area contributed by atoms with Gasteiger partial charge in [0, 0.05) is 6.20 Å². The molecular formula is C20H25N5OS. The summed E-state index contributed by atoms with van der Waals surface area (Å²) in [5.74, 6) is 1.31. The Balaban J connectivity index is 1.86. The second-order valence-electron chi connectivity index (χ2n) is 6.60. The first-order valence-corrected chi connectivity index (χ1v) is 10.0. The van der Waals surface area contributed by atoms with Crippen LogP contribution in [-0.4, -0.2) is 50.3 Å². The number of hydrogen-bond donors (Lipinski definition) is 1. The average Bonchev–Trinajstić information content (AvgIpc) is 3.32. The van der Waals surface area contributed by atoms with Crippen molar-refractivity contribution in [2.45, 2.75) is 31.1 Å². The molecule has 2 aromatic heterocycles. The summed E-state index contributed by atoms with van der Waals surface area (Å²) in [6.07, 6.45) is 2.70. The van der Waals surface area contributed by atoms with E-state index in [-0.39, 0.29) is 11.8 Å². The molecule has 3 aromatic rings. The van der Waals surface area contributed by atoms with Crippen LogP contribution in [0.15, 0.2) is 53.8 Å². The number of benzene rings is 1. The Kier molecular flexibility index (Phi) is 6.47. The number of aromatic nitrogens is 4. The lowest BCUT2D eigenvalue weighted by Gasteiger charge is -2.23. The van der Waals surface area contributed by atoms with E-state index < -0.39 is 0 Å². The summed E-state index contributed by atoms with van der Waals surface area (Å²) in [5, 5.41) is 9.65. The van der Waals surface area contributed by atoms with Gasteiger partial charge in [0.05, 0.1) is 24.0 Å². The molecule has 2 heterocycles. The molecule has 1 unspecified atom stereocenters. The Morgan fingerprint density at radius 2 is 1.96 bits per heavy atom. The highest BCUT2D eigenvalue weighted by Crippen LogP contribution is 2.26. The van der Waals surface area contributed by atoms with Gasteiger partial charge in [-0.1, -0.05) is 49.0 Å². The van der Waals surface area contributed by atoms with Crippen molar-refractivity contribution in [3.8, 4) is 0 Å². The Hall–Kier alpha value is -2.38. The van der Waals surface area contributed by atoms with Gasteiger partial charge in [0.25, 0.3) is 0 Å². The van der Waals surface area contributed by atoms with Gasteiger partial charge in [0.15, 0.2) is 16.8 Å². The van der Waals surface area contributed by atoms with Crippen molar-refractivity contribution in [2.24, 2.45) is 0 Å². The number of rotatable bonds is 9. The van der Waals surface area contributed by atoms with Crippen molar-refractivity contribution in [3.05, 3.63) is 65.7 Å². The fraction of sp³-hybridized carbons (Fsp3) is 0.350. The van der Waals surface area contributed by atoms with Gasteiger partial charge in [-0.15, -0.1) is 10.2 Å². The highest BCUT2D eigenvalue weighted by Gasteiger charge is 2.22. The van der Waals surface area contributed by atoms with Crippen molar-refractivity contribution in [1.29, 1.82) is 0 Å². The van der Waals surface area contributed by atoms with E-state index in [0.717, 1.165) is 17.4 Å². The minimum Gasteiger partial charge on any atom is -0.359 e. The first-order chi connectivity index (χ1) is 13.1. The predicted molar refractivity (Wildman–Crippen MR) is 108 cm³/mol. The number of ketones is 1. The lowest BCUT2D eigenvalue weighted by atomic mass is 10.2. The molecule has 142 valence electrons. The minimum atomic E-state index is 0.0560. The highest BCUT2D eigenvalue weighted by molar-refractivity contribution is 7.99. The second kappa shape index (κ2) is 9.01. The first kappa shape index (κ1) is 19.4. The number of carbonyl (C=O) groups is 1. The molecule has 27 heavy (non-hydrogen) atoms. The molecule has 0 spiro atoms. The van der Waals surface area contributed by atoms with E-state index >= 15 is 0 Å². The van der Waals surface area contributed by atoms with Crippen LogP contribution < -0.4 is 0 Å². The van der Waals surface area contributed by atoms with Crippen LogP contribution in [0, 0.1) is 0 Å². The molecule has 1 atom stereocenters. The number of nitrogens with zero attached hydrogens (tertiary/aromatic N) is 4. The van der Waals surface area contributed by atoms with Crippen LogP contribution in [0.25, 0.3) is 0 Å². The standard InChI is InChI=1S/C20H25N5OS/c1-4-17(24(2)3)19-22-23-20(25(19)13-15-9-6-5-7-10-15)27-14-18(26)16-11-8-12-21-16/h5-12,17,21H,4,13-14H2,1-3H3. The molecule has 0 fully saturated rings. The third-order valence-electron chi connectivity index (χ3n) is 4.47. The number of thioether (sulfide) groups is 1. The Bertz CT molecular complexity index is 858. The van der Waals surface area contributed by atoms with Crippen LogP contribution in [0.5, 0.6) is 0 Å². The quantitative estimate of drug-likeness (QED) is 0.451. The maximum Gasteiger partial charge on any atom is 0.192 e. The topological polar surface area (TPSA) is 66.8 Å². The molecule has 7 heteroatoms. The molecule has 0 aliphatic heterocycles. The largest absolute Gasteiger partial charge is 0.359 e. The molecule has 0 bridgehead atoms. The van der Waals surface area contributed by atoms with Gasteiger partial charge in [0.1, 0.15) is 0 Å². The molecule has 3 rings (SSSR count). The number of aromatic amines is 1. The first-order valence-electron chi connectivity index (χ1n) is 9.03. The SMILES string of the molecule is CCC(c1nnc(SCC(=O)c2ccc[nH]2)n1Cc1ccccc1)N(C)C. The lowest BCUT2D eigenvalue weighted by molar-refractivity contribution is 0.101. The van der Waals surface area contributed by atoms with E-state index in [1.165, 1.54) is 17.3 Å². The summed E-state index contributed by atoms with van der Waals surface area (Å²) < 4.78 is 2.14. The summed E-state index contributed by atoms with van der Waals surface area (Å²) in [4.78, 5) is 17.5. The van der Waals surface area contributed by atoms with E-state index in [4.69, 9.17) is 0 Å². The Labute approximate surface area is 164 Å². The smallest absolute Gasteiger partial charge is 0.192 e. The van der Waals surface area contributed by atoms with Crippen molar-refractivity contribution in [2.75, 3.05) is 19.8 Å². The Morgan fingerprint density at radius 3 is 2.59 bits per heavy atom. The molecule has 0 saturated carbocycles. The summed E-state index contributed by atoms with van der Waals surface area (Å²) in [7, 11) is 4.11. The zero-order chi connectivity index (χ0) is 19.2. The van der Waals surface area contributed by atoms with Gasteiger partial charge in [-0.25, -0.2) is 0 Å². The maximum atomic E-state index is 12.3. The molecule has 6 nitrogen and oxygen atoms in total. The molecule has 0 saturated heterocycles. The summed E-state index contributed by atoms with van der Waals surface area (Å²) in [5.41, 5.74) is 1.81. The van der Waals surface area contributed by atoms with Gasteiger partial charge in [-0.05, 0) is 38.2 Å². The van der Waals surface area contributed by atoms with E-state index in [2.05, 4.69) is 57.8 Å². The monoisotopic (exact) mass is 383 g/mol. The maximum absolute atomic E-state index is 12.3. The van der Waals surface area contributed by atoms with E-state index in [1.54, 1.807) is 12.3 Å². The molecule has 0 aliphatic rings. The van der Waals surface area contributed by atoms with Gasteiger partial charge in [0.2, 0.25) is 0 Å². The normalized spacial score (nSPS) is 12.4. The second-order valence-corrected chi connectivity index (χ2v) is 7.54. The third-order valence-corrected chi connectivity index (χ3v) is 5.43. The fourth-order valence-electron chi connectivity index (χ4n) is 3.06. The van der Waals surface area contributed by atoms with E-state index in [0.29, 0.717) is 18.0 Å². The molecule has 1 N–H and O–H groups in total. The van der Waals surface area contributed by atoms with E-state index in [9.17, 15) is 4.79 Å². The van der Waals surface area contributed by atoms with Gasteiger partial charge in [-0.2, -0.15) is 0 Å². The van der Waals surface area contributed by atoms with Crippen molar-refractivity contribution >= 4 is 17.5 Å². The van der Waals surface area contributed by atoms with Crippen LogP contribution in [0.1, 0.15) is 41.3 Å². The van der Waals surface area contributed by atoms with Crippen LogP contribution in [-0.2, 0) is 6.54 Å². The summed E-state index contributed by atoms with van der Waals surface area (Å²) in [6.45, 7) is 2.83. The minimum absolute atomic E-state index is 0.0560. The lowest BCUT2D eigenvalue weighted by Crippen LogP contribution is -2.23. The van der Waals surface area contributed by atoms with Gasteiger partial charge < -0.3 is 9.55 Å². The third kappa shape index (κ3) is 4.67. The summed E-state index contributed by atoms with van der Waals surface area (Å²) >= 11 is 1.43. The molecular weight excluding hydrogens is 358 g/mol. The number of hydrogen-bond acceptors (Lipinski definition) is 5. The van der Waals surface area contributed by atoms with Crippen molar-refractivity contribution < 1.29 is 4.79 Å². The molecule has 0 amide bonds. The number of H-pyrrole nitrogens is 1. The Morgan fingerprint density at radius 1 is 1.19 bits per heavy atom. The van der Waals surface area contributed by atoms with E-state index in [1.807, 2.05) is 24.3 Å². The number of nitrogens with one attached hydrogen (secondary N) is 1.